The predicted molar refractivity (Wildman–Crippen MR) is 96.4 cm³/mol. The zero-order valence-electron chi connectivity index (χ0n) is 13.9. The van der Waals surface area contributed by atoms with Crippen LogP contribution in [0.3, 0.4) is 0 Å². The summed E-state index contributed by atoms with van der Waals surface area (Å²) in [5.41, 5.74) is 0.791. The molecule has 0 unspecified atom stereocenters. The highest BCUT2D eigenvalue weighted by atomic mass is 32.1. The molecule has 1 amide bonds. The number of amides is 1. The van der Waals surface area contributed by atoms with Gasteiger partial charge in [0.25, 0.3) is 0 Å². The minimum absolute atomic E-state index is 0.0199. The van der Waals surface area contributed by atoms with E-state index in [0.29, 0.717) is 11.7 Å². The van der Waals surface area contributed by atoms with Crippen molar-refractivity contribution in [1.29, 1.82) is 0 Å². The number of benzene rings is 1. The van der Waals surface area contributed by atoms with Crippen molar-refractivity contribution in [2.24, 2.45) is 5.41 Å². The highest BCUT2D eigenvalue weighted by Gasteiger charge is 2.40. The van der Waals surface area contributed by atoms with Crippen LogP contribution in [0.1, 0.15) is 23.3 Å². The lowest BCUT2D eigenvalue weighted by Crippen LogP contribution is -2.47. The Morgan fingerprint density at radius 2 is 2.08 bits per heavy atom. The smallest absolute Gasteiger partial charge is 0.234 e. The molecular weight excluding hydrogens is 322 g/mol. The van der Waals surface area contributed by atoms with Crippen LogP contribution < -0.4 is 10.6 Å². The van der Waals surface area contributed by atoms with E-state index in [1.807, 2.05) is 24.4 Å². The fourth-order valence-electron chi connectivity index (χ4n) is 3.09. The van der Waals surface area contributed by atoms with E-state index in [4.69, 9.17) is 4.74 Å². The molecule has 2 heterocycles. The molecule has 3 rings (SSSR count). The minimum Gasteiger partial charge on any atom is -0.384 e. The van der Waals surface area contributed by atoms with Gasteiger partial charge in [-0.2, -0.15) is 0 Å². The Balaban J connectivity index is 1.66. The second-order valence-corrected chi connectivity index (χ2v) is 7.33. The van der Waals surface area contributed by atoms with E-state index in [9.17, 15) is 4.79 Å². The number of thiazole rings is 1. The van der Waals surface area contributed by atoms with E-state index >= 15 is 0 Å². The lowest BCUT2D eigenvalue weighted by Gasteiger charge is -2.35. The van der Waals surface area contributed by atoms with Crippen LogP contribution in [-0.4, -0.2) is 37.7 Å². The molecule has 5 nitrogen and oxygen atoms in total. The zero-order chi connectivity index (χ0) is 16.8. The van der Waals surface area contributed by atoms with Crippen LogP contribution in [0.5, 0.6) is 0 Å². The molecule has 0 spiro atoms. The Morgan fingerprint density at radius 1 is 1.33 bits per heavy atom. The molecule has 0 bridgehead atoms. The molecule has 0 aliphatic carbocycles. The van der Waals surface area contributed by atoms with Gasteiger partial charge in [-0.1, -0.05) is 30.3 Å². The number of piperidine rings is 1. The van der Waals surface area contributed by atoms with Gasteiger partial charge in [-0.25, -0.2) is 4.98 Å². The van der Waals surface area contributed by atoms with E-state index in [0.717, 1.165) is 37.2 Å². The van der Waals surface area contributed by atoms with Crippen LogP contribution in [0.15, 0.2) is 36.5 Å². The van der Waals surface area contributed by atoms with Gasteiger partial charge in [-0.15, -0.1) is 11.3 Å². The van der Waals surface area contributed by atoms with E-state index in [1.54, 1.807) is 7.11 Å². The second kappa shape index (κ2) is 7.88. The molecule has 0 saturated carbocycles. The van der Waals surface area contributed by atoms with Gasteiger partial charge in [0, 0.05) is 24.6 Å². The predicted octanol–water partition coefficient (Wildman–Crippen LogP) is 2.69. The van der Waals surface area contributed by atoms with Gasteiger partial charge in [0.05, 0.1) is 12.0 Å². The Morgan fingerprint density at radius 3 is 2.79 bits per heavy atom. The topological polar surface area (TPSA) is 63.2 Å². The molecule has 1 aromatic heterocycles. The number of anilines is 1. The maximum absolute atomic E-state index is 12.8. The standard InChI is InChI=1S/C18H23N3O2S/c1-23-13-18(7-9-19-10-8-18)16(22)21-17-20-12-15(24-17)11-14-5-3-2-4-6-14/h2-6,12,19H,7-11,13H2,1H3,(H,20,21,22). The van der Waals surface area contributed by atoms with Gasteiger partial charge in [-0.05, 0) is 31.5 Å². The van der Waals surface area contributed by atoms with Crippen LogP contribution in [0.4, 0.5) is 5.13 Å². The molecule has 1 fully saturated rings. The molecular formula is C18H23N3O2S. The fourth-order valence-corrected chi connectivity index (χ4v) is 3.93. The molecule has 2 aromatic rings. The van der Waals surface area contributed by atoms with Gasteiger partial charge in [0.15, 0.2) is 5.13 Å². The summed E-state index contributed by atoms with van der Waals surface area (Å²) in [4.78, 5) is 18.3. The van der Waals surface area contributed by atoms with Crippen molar-refractivity contribution < 1.29 is 9.53 Å². The Kier molecular flexibility index (Phi) is 5.60. The Bertz CT molecular complexity index is 660. The first-order valence-corrected chi connectivity index (χ1v) is 9.03. The van der Waals surface area contributed by atoms with Crippen LogP contribution >= 0.6 is 11.3 Å². The maximum atomic E-state index is 12.8. The lowest BCUT2D eigenvalue weighted by molar-refractivity contribution is -0.130. The summed E-state index contributed by atoms with van der Waals surface area (Å²) in [5, 5.41) is 6.97. The number of aromatic nitrogens is 1. The third-order valence-corrected chi connectivity index (χ3v) is 5.37. The number of ether oxygens (including phenoxy) is 1. The largest absolute Gasteiger partial charge is 0.384 e. The van der Waals surface area contributed by atoms with Crippen molar-refractivity contribution in [3.63, 3.8) is 0 Å². The Hall–Kier alpha value is -1.76. The number of rotatable bonds is 6. The SMILES string of the molecule is COCC1(C(=O)Nc2ncc(Cc3ccccc3)s2)CCNCC1. The second-order valence-electron chi connectivity index (χ2n) is 6.21. The summed E-state index contributed by atoms with van der Waals surface area (Å²) >= 11 is 1.54. The first-order valence-electron chi connectivity index (χ1n) is 8.22. The van der Waals surface area contributed by atoms with Crippen molar-refractivity contribution >= 4 is 22.4 Å². The van der Waals surface area contributed by atoms with Crippen molar-refractivity contribution in [3.8, 4) is 0 Å². The molecule has 2 N–H and O–H groups in total. The molecule has 0 atom stereocenters. The van der Waals surface area contributed by atoms with E-state index in [2.05, 4.69) is 27.8 Å². The average Bonchev–Trinajstić information content (AvgIpc) is 3.04. The van der Waals surface area contributed by atoms with E-state index in [1.165, 1.54) is 16.9 Å². The van der Waals surface area contributed by atoms with Gasteiger partial charge in [0.1, 0.15) is 0 Å². The summed E-state index contributed by atoms with van der Waals surface area (Å²) in [6.45, 7) is 2.13. The van der Waals surface area contributed by atoms with Gasteiger partial charge >= 0.3 is 0 Å². The van der Waals surface area contributed by atoms with E-state index in [-0.39, 0.29) is 5.91 Å². The number of nitrogens with one attached hydrogen (secondary N) is 2. The number of hydrogen-bond acceptors (Lipinski definition) is 5. The highest BCUT2D eigenvalue weighted by Crippen LogP contribution is 2.31. The number of carbonyl (C=O) groups excluding carboxylic acids is 1. The third-order valence-electron chi connectivity index (χ3n) is 4.46. The van der Waals surface area contributed by atoms with E-state index < -0.39 is 5.41 Å². The maximum Gasteiger partial charge on any atom is 0.234 e. The molecule has 0 radical (unpaired) electrons. The minimum atomic E-state index is -0.453. The van der Waals surface area contributed by atoms with Gasteiger partial charge in [0.2, 0.25) is 5.91 Å². The summed E-state index contributed by atoms with van der Waals surface area (Å²) in [5.74, 6) is 0.0199. The fraction of sp³-hybridized carbons (Fsp3) is 0.444. The van der Waals surface area contributed by atoms with Crippen LogP contribution in [0.25, 0.3) is 0 Å². The molecule has 1 aliphatic rings. The number of hydrogen-bond donors (Lipinski definition) is 2. The van der Waals surface area contributed by atoms with Gasteiger partial charge in [-0.3, -0.25) is 4.79 Å². The lowest BCUT2D eigenvalue weighted by atomic mass is 9.79. The highest BCUT2D eigenvalue weighted by molar-refractivity contribution is 7.15. The zero-order valence-corrected chi connectivity index (χ0v) is 14.7. The summed E-state index contributed by atoms with van der Waals surface area (Å²) in [6.07, 6.45) is 4.25. The number of nitrogens with zero attached hydrogens (tertiary/aromatic N) is 1. The third kappa shape index (κ3) is 4.01. The average molecular weight is 345 g/mol. The first-order chi connectivity index (χ1) is 11.7. The van der Waals surface area contributed by atoms with Crippen LogP contribution in [0, 0.1) is 5.41 Å². The Labute approximate surface area is 146 Å². The molecule has 6 heteroatoms. The monoisotopic (exact) mass is 345 g/mol. The summed E-state index contributed by atoms with van der Waals surface area (Å²) < 4.78 is 5.32. The first kappa shape index (κ1) is 17.1. The molecule has 1 aromatic carbocycles. The number of methoxy groups -OCH3 is 1. The molecule has 1 aliphatic heterocycles. The normalized spacial score (nSPS) is 16.7. The van der Waals surface area contributed by atoms with Gasteiger partial charge < -0.3 is 15.4 Å². The summed E-state index contributed by atoms with van der Waals surface area (Å²) in [7, 11) is 1.65. The van der Waals surface area contributed by atoms with Crippen LogP contribution in [0.2, 0.25) is 0 Å². The molecule has 128 valence electrons. The van der Waals surface area contributed by atoms with Crippen LogP contribution in [-0.2, 0) is 16.0 Å². The quantitative estimate of drug-likeness (QED) is 0.845. The van der Waals surface area contributed by atoms with Crippen molar-refractivity contribution in [2.75, 3.05) is 32.1 Å². The van der Waals surface area contributed by atoms with Crippen molar-refractivity contribution in [3.05, 3.63) is 47.0 Å². The molecule has 1 saturated heterocycles. The van der Waals surface area contributed by atoms with Crippen molar-refractivity contribution in [2.45, 2.75) is 19.3 Å². The molecule has 24 heavy (non-hydrogen) atoms. The summed E-state index contributed by atoms with van der Waals surface area (Å²) in [6, 6.07) is 10.3. The van der Waals surface area contributed by atoms with Crippen molar-refractivity contribution in [1.82, 2.24) is 10.3 Å². The number of carbonyl (C=O) groups is 1.